The topological polar surface area (TPSA) is 9.86 Å². The average Bonchev–Trinajstić information content (AvgIpc) is 3.61. The monoisotopic (exact) mass is 574 g/mol. The fourth-order valence-corrected chi connectivity index (χ4v) is 6.99. The lowest BCUT2D eigenvalue weighted by molar-refractivity contribution is 1.18. The SMILES string of the molecule is Cc1ccc(-c2ccc3c(c2)c2cc(-c4ccc5c(c4)c4ccccc4n5-c4ccccc4)ccc2n3-c2ccccc2)cc1. The molecule has 0 unspecified atom stereocenters. The second-order valence-corrected chi connectivity index (χ2v) is 11.9. The van der Waals surface area contributed by atoms with E-state index < -0.39 is 0 Å². The molecule has 212 valence electrons. The molecule has 0 saturated heterocycles. The lowest BCUT2D eigenvalue weighted by atomic mass is 9.99. The molecule has 0 aliphatic heterocycles. The summed E-state index contributed by atoms with van der Waals surface area (Å²) >= 11 is 0. The highest BCUT2D eigenvalue weighted by Gasteiger charge is 2.16. The van der Waals surface area contributed by atoms with Crippen LogP contribution in [-0.4, -0.2) is 9.13 Å². The van der Waals surface area contributed by atoms with Gasteiger partial charge in [0.05, 0.1) is 22.1 Å². The summed E-state index contributed by atoms with van der Waals surface area (Å²) in [5.74, 6) is 0. The lowest BCUT2D eigenvalue weighted by Gasteiger charge is -2.09. The van der Waals surface area contributed by atoms with Crippen LogP contribution in [0.2, 0.25) is 0 Å². The number of benzene rings is 7. The minimum absolute atomic E-state index is 1.17. The van der Waals surface area contributed by atoms with Crippen LogP contribution in [0.5, 0.6) is 0 Å². The zero-order valence-electron chi connectivity index (χ0n) is 25.0. The molecule has 0 amide bonds. The number of aromatic nitrogens is 2. The number of rotatable bonds is 4. The van der Waals surface area contributed by atoms with Crippen LogP contribution < -0.4 is 0 Å². The number of hydrogen-bond donors (Lipinski definition) is 0. The lowest BCUT2D eigenvalue weighted by Crippen LogP contribution is -1.93. The van der Waals surface area contributed by atoms with Crippen molar-refractivity contribution < 1.29 is 0 Å². The second kappa shape index (κ2) is 10.1. The molecule has 0 aliphatic rings. The fourth-order valence-electron chi connectivity index (χ4n) is 6.99. The summed E-state index contributed by atoms with van der Waals surface area (Å²) in [5, 5.41) is 5.05. The maximum Gasteiger partial charge on any atom is 0.0541 e. The summed E-state index contributed by atoms with van der Waals surface area (Å²) in [6.45, 7) is 2.14. The molecule has 9 aromatic rings. The number of para-hydroxylation sites is 3. The predicted molar refractivity (Wildman–Crippen MR) is 191 cm³/mol. The Kier molecular flexibility index (Phi) is 5.76. The molecule has 0 bridgehead atoms. The third kappa shape index (κ3) is 4.11. The Morgan fingerprint density at radius 1 is 0.311 bits per heavy atom. The van der Waals surface area contributed by atoms with Gasteiger partial charge < -0.3 is 9.13 Å². The highest BCUT2D eigenvalue weighted by Crippen LogP contribution is 2.39. The highest BCUT2D eigenvalue weighted by atomic mass is 15.0. The Hall–Kier alpha value is -5.86. The van der Waals surface area contributed by atoms with E-state index >= 15 is 0 Å². The molecular weight excluding hydrogens is 544 g/mol. The Bertz CT molecular complexity index is 2510. The molecule has 0 aliphatic carbocycles. The highest BCUT2D eigenvalue weighted by molar-refractivity contribution is 6.13. The van der Waals surface area contributed by atoms with Crippen molar-refractivity contribution in [2.45, 2.75) is 6.92 Å². The third-order valence-electron chi connectivity index (χ3n) is 9.18. The van der Waals surface area contributed by atoms with Crippen LogP contribution in [-0.2, 0) is 0 Å². The molecule has 2 nitrogen and oxygen atoms in total. The standard InChI is InChI=1S/C43H30N2/c1-29-16-18-30(19-17-29)31-20-23-42-38(26-31)39-28-33(22-25-43(39)45(42)35-12-6-3-7-13-35)32-21-24-41-37(27-32)36-14-8-9-15-40(36)44(41)34-10-4-2-5-11-34/h2-28H,1H3. The van der Waals surface area contributed by atoms with Crippen molar-refractivity contribution in [3.05, 3.63) is 169 Å². The Morgan fingerprint density at radius 2 is 0.689 bits per heavy atom. The van der Waals surface area contributed by atoms with Crippen molar-refractivity contribution in [2.24, 2.45) is 0 Å². The quantitative estimate of drug-likeness (QED) is 0.198. The van der Waals surface area contributed by atoms with Crippen LogP contribution in [0.4, 0.5) is 0 Å². The maximum absolute atomic E-state index is 2.39. The van der Waals surface area contributed by atoms with Gasteiger partial charge in [-0.1, -0.05) is 103 Å². The minimum atomic E-state index is 1.17. The van der Waals surface area contributed by atoms with Gasteiger partial charge in [0, 0.05) is 32.9 Å². The maximum atomic E-state index is 2.39. The predicted octanol–water partition coefficient (Wildman–Crippen LogP) is 11.5. The van der Waals surface area contributed by atoms with Crippen LogP contribution >= 0.6 is 0 Å². The van der Waals surface area contributed by atoms with Crippen LogP contribution in [0.25, 0.3) is 77.2 Å². The van der Waals surface area contributed by atoms with E-state index in [2.05, 4.69) is 180 Å². The molecule has 7 aromatic carbocycles. The van der Waals surface area contributed by atoms with Crippen LogP contribution in [0, 0.1) is 6.92 Å². The third-order valence-corrected chi connectivity index (χ3v) is 9.18. The van der Waals surface area contributed by atoms with E-state index in [9.17, 15) is 0 Å². The minimum Gasteiger partial charge on any atom is -0.309 e. The van der Waals surface area contributed by atoms with E-state index in [1.165, 1.54) is 82.8 Å². The largest absolute Gasteiger partial charge is 0.309 e. The molecule has 0 fully saturated rings. The van der Waals surface area contributed by atoms with E-state index in [1.807, 2.05) is 0 Å². The van der Waals surface area contributed by atoms with Crippen LogP contribution in [0.1, 0.15) is 5.56 Å². The molecule has 0 atom stereocenters. The summed E-state index contributed by atoms with van der Waals surface area (Å²) in [6, 6.07) is 59.7. The Labute approximate surface area is 262 Å². The van der Waals surface area contributed by atoms with Crippen molar-refractivity contribution in [3.63, 3.8) is 0 Å². The average molecular weight is 575 g/mol. The Morgan fingerprint density at radius 3 is 1.20 bits per heavy atom. The molecule has 2 aromatic heterocycles. The Balaban J connectivity index is 1.27. The molecule has 0 N–H and O–H groups in total. The summed E-state index contributed by atoms with van der Waals surface area (Å²) in [7, 11) is 0. The first-order valence-corrected chi connectivity index (χ1v) is 15.5. The van der Waals surface area contributed by atoms with Gasteiger partial charge in [0.15, 0.2) is 0 Å². The van der Waals surface area contributed by atoms with Gasteiger partial charge in [0.25, 0.3) is 0 Å². The number of hydrogen-bond acceptors (Lipinski definition) is 0. The number of nitrogens with zero attached hydrogens (tertiary/aromatic N) is 2. The molecule has 0 spiro atoms. The summed E-state index contributed by atoms with van der Waals surface area (Å²) in [5.41, 5.74) is 13.4. The number of fused-ring (bicyclic) bond motifs is 6. The van der Waals surface area contributed by atoms with Crippen LogP contribution in [0.3, 0.4) is 0 Å². The molecule has 45 heavy (non-hydrogen) atoms. The molecule has 9 rings (SSSR count). The summed E-state index contributed by atoms with van der Waals surface area (Å²) in [6.07, 6.45) is 0. The first-order chi connectivity index (χ1) is 22.2. The van der Waals surface area contributed by atoms with Crippen molar-refractivity contribution in [2.75, 3.05) is 0 Å². The van der Waals surface area contributed by atoms with E-state index in [1.54, 1.807) is 0 Å². The van der Waals surface area contributed by atoms with Gasteiger partial charge in [0.1, 0.15) is 0 Å². The van der Waals surface area contributed by atoms with Crippen molar-refractivity contribution in [1.82, 2.24) is 9.13 Å². The van der Waals surface area contributed by atoms with Gasteiger partial charge in [-0.2, -0.15) is 0 Å². The van der Waals surface area contributed by atoms with Gasteiger partial charge in [-0.05, 0) is 95.9 Å². The zero-order chi connectivity index (χ0) is 29.9. The molecule has 2 heterocycles. The normalized spacial score (nSPS) is 11.7. The zero-order valence-corrected chi connectivity index (χ0v) is 25.0. The van der Waals surface area contributed by atoms with Crippen molar-refractivity contribution >= 4 is 43.6 Å². The van der Waals surface area contributed by atoms with Crippen LogP contribution in [0.15, 0.2) is 164 Å². The van der Waals surface area contributed by atoms with Gasteiger partial charge >= 0.3 is 0 Å². The van der Waals surface area contributed by atoms with Gasteiger partial charge in [-0.3, -0.25) is 0 Å². The smallest absolute Gasteiger partial charge is 0.0541 e. The first-order valence-electron chi connectivity index (χ1n) is 15.5. The number of aryl methyl sites for hydroxylation is 1. The first kappa shape index (κ1) is 25.6. The van der Waals surface area contributed by atoms with E-state index in [-0.39, 0.29) is 0 Å². The summed E-state index contributed by atoms with van der Waals surface area (Å²) < 4.78 is 4.77. The van der Waals surface area contributed by atoms with Gasteiger partial charge in [-0.15, -0.1) is 0 Å². The molecule has 0 saturated carbocycles. The van der Waals surface area contributed by atoms with E-state index in [0.717, 1.165) is 0 Å². The van der Waals surface area contributed by atoms with Gasteiger partial charge in [0.2, 0.25) is 0 Å². The molecule has 2 heteroatoms. The van der Waals surface area contributed by atoms with E-state index in [0.29, 0.717) is 0 Å². The molecule has 0 radical (unpaired) electrons. The second-order valence-electron chi connectivity index (χ2n) is 11.9. The van der Waals surface area contributed by atoms with Crippen molar-refractivity contribution in [3.8, 4) is 33.6 Å². The van der Waals surface area contributed by atoms with Crippen molar-refractivity contribution in [1.29, 1.82) is 0 Å². The van der Waals surface area contributed by atoms with E-state index in [4.69, 9.17) is 0 Å². The summed E-state index contributed by atoms with van der Waals surface area (Å²) in [4.78, 5) is 0. The molecular formula is C43H30N2. The fraction of sp³-hybridized carbons (Fsp3) is 0.0233. The van der Waals surface area contributed by atoms with Gasteiger partial charge in [-0.25, -0.2) is 0 Å².